The van der Waals surface area contributed by atoms with Crippen LogP contribution in [0.3, 0.4) is 0 Å². The monoisotopic (exact) mass is 302 g/mol. The number of halogens is 2. The number of rotatable bonds is 2. The number of nitrogens with one attached hydrogen (secondary N) is 2. The summed E-state index contributed by atoms with van der Waals surface area (Å²) < 4.78 is 0.913. The van der Waals surface area contributed by atoms with Crippen molar-refractivity contribution in [1.29, 1.82) is 0 Å². The molecule has 0 aliphatic carbocycles. The summed E-state index contributed by atoms with van der Waals surface area (Å²) in [6.07, 6.45) is 0. The van der Waals surface area contributed by atoms with Crippen LogP contribution in [0.15, 0.2) is 24.3 Å². The number of hydrazine groups is 1. The Labute approximate surface area is 117 Å². The molecule has 0 fully saturated rings. The van der Waals surface area contributed by atoms with E-state index >= 15 is 0 Å². The minimum atomic E-state index is -0.484. The van der Waals surface area contributed by atoms with Gasteiger partial charge in [-0.3, -0.25) is 20.4 Å². The molecule has 2 aromatic rings. The molecule has 0 aliphatic heterocycles. The summed E-state index contributed by atoms with van der Waals surface area (Å²) in [5, 5.41) is 1.20. The van der Waals surface area contributed by atoms with Crippen LogP contribution in [0, 0.1) is 0 Å². The summed E-state index contributed by atoms with van der Waals surface area (Å²) in [6, 6.07) is 7.42. The summed E-state index contributed by atoms with van der Waals surface area (Å²) in [7, 11) is 0. The molecule has 0 bridgehead atoms. The second-order valence-corrected chi connectivity index (χ2v) is 5.07. The van der Waals surface area contributed by atoms with Crippen LogP contribution >= 0.6 is 34.5 Å². The van der Waals surface area contributed by atoms with Gasteiger partial charge in [0, 0.05) is 10.1 Å². The van der Waals surface area contributed by atoms with Gasteiger partial charge in [0.2, 0.25) is 0 Å². The first-order valence-corrected chi connectivity index (χ1v) is 6.68. The molecule has 0 saturated carbocycles. The van der Waals surface area contributed by atoms with E-state index in [1.807, 2.05) is 24.3 Å². The fourth-order valence-electron chi connectivity index (χ4n) is 1.38. The summed E-state index contributed by atoms with van der Waals surface area (Å²) in [5.41, 5.74) is 4.43. The Balaban J connectivity index is 2.23. The maximum absolute atomic E-state index is 11.8. The molecule has 1 heterocycles. The molecule has 1 aromatic heterocycles. The molecule has 0 unspecified atom stereocenters. The van der Waals surface area contributed by atoms with Gasteiger partial charge in [-0.15, -0.1) is 22.9 Å². The van der Waals surface area contributed by atoms with E-state index < -0.39 is 11.8 Å². The Morgan fingerprint density at radius 3 is 2.61 bits per heavy atom. The van der Waals surface area contributed by atoms with Crippen LogP contribution in [0.25, 0.3) is 10.1 Å². The lowest BCUT2D eigenvalue weighted by Crippen LogP contribution is -2.42. The zero-order valence-corrected chi connectivity index (χ0v) is 11.3. The molecule has 2 N–H and O–H groups in total. The maximum atomic E-state index is 11.8. The zero-order valence-electron chi connectivity index (χ0n) is 9.00. The van der Waals surface area contributed by atoms with E-state index in [-0.39, 0.29) is 5.88 Å². The number of hydrogen-bond acceptors (Lipinski definition) is 3. The van der Waals surface area contributed by atoms with E-state index in [9.17, 15) is 9.59 Å². The normalized spacial score (nSPS) is 10.3. The highest BCUT2D eigenvalue weighted by atomic mass is 35.5. The van der Waals surface area contributed by atoms with Crippen LogP contribution in [0.5, 0.6) is 0 Å². The van der Waals surface area contributed by atoms with Crippen molar-refractivity contribution in [2.45, 2.75) is 0 Å². The fourth-order valence-corrected chi connectivity index (χ4v) is 2.86. The Hall–Kier alpha value is -1.30. The molecule has 94 valence electrons. The number of fused-ring (bicyclic) bond motifs is 1. The predicted octanol–water partition coefficient (Wildman–Crippen LogP) is 2.55. The van der Waals surface area contributed by atoms with Crippen LogP contribution < -0.4 is 10.9 Å². The van der Waals surface area contributed by atoms with Crippen molar-refractivity contribution >= 4 is 56.4 Å². The smallest absolute Gasteiger partial charge is 0.272 e. The Morgan fingerprint density at radius 2 is 1.94 bits per heavy atom. The van der Waals surface area contributed by atoms with Gasteiger partial charge >= 0.3 is 0 Å². The van der Waals surface area contributed by atoms with Crippen LogP contribution in [-0.4, -0.2) is 17.7 Å². The van der Waals surface area contributed by atoms with Gasteiger partial charge in [0.05, 0.1) is 5.02 Å². The molecule has 18 heavy (non-hydrogen) atoms. The number of thiophene rings is 1. The van der Waals surface area contributed by atoms with Crippen LogP contribution in [0.1, 0.15) is 9.67 Å². The van der Waals surface area contributed by atoms with Crippen molar-refractivity contribution in [3.8, 4) is 0 Å². The fraction of sp³-hybridized carbons (Fsp3) is 0.0909. The van der Waals surface area contributed by atoms with E-state index in [4.69, 9.17) is 23.2 Å². The lowest BCUT2D eigenvalue weighted by atomic mass is 10.2. The molecule has 0 radical (unpaired) electrons. The van der Waals surface area contributed by atoms with Crippen molar-refractivity contribution in [2.75, 3.05) is 5.88 Å². The van der Waals surface area contributed by atoms with Crippen LogP contribution in [0.2, 0.25) is 5.02 Å². The topological polar surface area (TPSA) is 58.2 Å². The summed E-state index contributed by atoms with van der Waals surface area (Å²) in [4.78, 5) is 23.1. The molecule has 7 heteroatoms. The van der Waals surface area contributed by atoms with Gasteiger partial charge in [-0.1, -0.05) is 29.8 Å². The Morgan fingerprint density at radius 1 is 1.22 bits per heavy atom. The van der Waals surface area contributed by atoms with Gasteiger partial charge in [0.1, 0.15) is 10.8 Å². The van der Waals surface area contributed by atoms with E-state index in [2.05, 4.69) is 10.9 Å². The number of alkyl halides is 1. The quantitative estimate of drug-likeness (QED) is 0.661. The Bertz CT molecular complexity index is 612. The lowest BCUT2D eigenvalue weighted by Gasteiger charge is -2.03. The molecule has 0 saturated heterocycles. The SMILES string of the molecule is O=C(CCl)NNC(=O)c1sc2ccccc2c1Cl. The molecule has 0 spiro atoms. The van der Waals surface area contributed by atoms with Crippen molar-refractivity contribution in [3.63, 3.8) is 0 Å². The minimum absolute atomic E-state index is 0.222. The highest BCUT2D eigenvalue weighted by Gasteiger charge is 2.16. The summed E-state index contributed by atoms with van der Waals surface area (Å²) in [6.45, 7) is 0. The highest BCUT2D eigenvalue weighted by molar-refractivity contribution is 7.21. The third-order valence-corrected chi connectivity index (χ3v) is 4.09. The van der Waals surface area contributed by atoms with Gasteiger partial charge in [-0.05, 0) is 6.07 Å². The van der Waals surface area contributed by atoms with Gasteiger partial charge < -0.3 is 0 Å². The van der Waals surface area contributed by atoms with E-state index in [1.54, 1.807) is 0 Å². The zero-order chi connectivity index (χ0) is 13.1. The van der Waals surface area contributed by atoms with E-state index in [0.29, 0.717) is 9.90 Å². The number of carbonyl (C=O) groups is 2. The molecule has 2 rings (SSSR count). The van der Waals surface area contributed by atoms with Crippen molar-refractivity contribution in [1.82, 2.24) is 10.9 Å². The van der Waals surface area contributed by atoms with E-state index in [0.717, 1.165) is 10.1 Å². The van der Waals surface area contributed by atoms with Crippen LogP contribution in [-0.2, 0) is 4.79 Å². The Kier molecular flexibility index (Phi) is 4.06. The standard InChI is InChI=1S/C11H8Cl2N2O2S/c12-5-8(16)14-15-11(17)10-9(13)6-3-1-2-4-7(6)18-10/h1-4H,5H2,(H,14,16)(H,15,17). The molecule has 2 amide bonds. The first-order valence-electron chi connectivity index (χ1n) is 4.95. The van der Waals surface area contributed by atoms with Gasteiger partial charge in [-0.2, -0.15) is 0 Å². The van der Waals surface area contributed by atoms with Gasteiger partial charge in [0.15, 0.2) is 0 Å². The van der Waals surface area contributed by atoms with E-state index in [1.165, 1.54) is 11.3 Å². The first kappa shape index (κ1) is 13.1. The minimum Gasteiger partial charge on any atom is -0.272 e. The molecule has 4 nitrogen and oxygen atoms in total. The molecule has 0 atom stereocenters. The molecular weight excluding hydrogens is 295 g/mol. The number of hydrogen-bond donors (Lipinski definition) is 2. The maximum Gasteiger partial charge on any atom is 0.281 e. The molecule has 0 aliphatic rings. The molecule has 1 aromatic carbocycles. The second-order valence-electron chi connectivity index (χ2n) is 3.38. The van der Waals surface area contributed by atoms with Crippen LogP contribution in [0.4, 0.5) is 0 Å². The highest BCUT2D eigenvalue weighted by Crippen LogP contribution is 2.34. The molecular formula is C11H8Cl2N2O2S. The van der Waals surface area contributed by atoms with Gasteiger partial charge in [-0.25, -0.2) is 0 Å². The van der Waals surface area contributed by atoms with Gasteiger partial charge in [0.25, 0.3) is 11.8 Å². The lowest BCUT2D eigenvalue weighted by molar-refractivity contribution is -0.119. The largest absolute Gasteiger partial charge is 0.281 e. The number of benzene rings is 1. The summed E-state index contributed by atoms with van der Waals surface area (Å²) >= 11 is 12.7. The third-order valence-electron chi connectivity index (χ3n) is 2.18. The van der Waals surface area contributed by atoms with Crippen molar-refractivity contribution < 1.29 is 9.59 Å². The average Bonchev–Trinajstić information content (AvgIpc) is 2.73. The summed E-state index contributed by atoms with van der Waals surface area (Å²) in [5.74, 6) is -1.16. The average molecular weight is 303 g/mol. The predicted molar refractivity (Wildman–Crippen MR) is 73.2 cm³/mol. The first-order chi connectivity index (χ1) is 8.63. The third kappa shape index (κ3) is 2.58. The number of carbonyl (C=O) groups excluding carboxylic acids is 2. The second kappa shape index (κ2) is 5.56. The van der Waals surface area contributed by atoms with Crippen molar-refractivity contribution in [3.05, 3.63) is 34.2 Å². The number of amides is 2. The van der Waals surface area contributed by atoms with Crippen molar-refractivity contribution in [2.24, 2.45) is 0 Å².